The predicted molar refractivity (Wildman–Crippen MR) is 49.0 cm³/mol. The first-order chi connectivity index (χ1) is 5.70. The van der Waals surface area contributed by atoms with E-state index in [2.05, 4.69) is 6.08 Å². The molecule has 0 aliphatic heterocycles. The van der Waals surface area contributed by atoms with Crippen molar-refractivity contribution in [2.45, 2.75) is 39.4 Å². The first-order valence-corrected chi connectivity index (χ1v) is 4.68. The molecule has 0 bridgehead atoms. The Balaban J connectivity index is 2.50. The SMILES string of the molecule is CCOC(C)(C=C1CC1)OCC. The second-order valence-electron chi connectivity index (χ2n) is 3.18. The Bertz CT molecular complexity index is 161. The molecule has 1 rings (SSSR count). The highest BCUT2D eigenvalue weighted by molar-refractivity contribution is 5.19. The van der Waals surface area contributed by atoms with Gasteiger partial charge in [0.25, 0.3) is 0 Å². The van der Waals surface area contributed by atoms with E-state index in [1.165, 1.54) is 18.4 Å². The van der Waals surface area contributed by atoms with Gasteiger partial charge in [-0.1, -0.05) is 5.57 Å². The first-order valence-electron chi connectivity index (χ1n) is 4.68. The van der Waals surface area contributed by atoms with E-state index in [4.69, 9.17) is 9.47 Å². The van der Waals surface area contributed by atoms with Crippen LogP contribution < -0.4 is 0 Å². The van der Waals surface area contributed by atoms with E-state index in [-0.39, 0.29) is 0 Å². The number of rotatable bonds is 5. The van der Waals surface area contributed by atoms with Gasteiger partial charge in [-0.25, -0.2) is 0 Å². The fourth-order valence-corrected chi connectivity index (χ4v) is 1.29. The number of hydrogen-bond donors (Lipinski definition) is 0. The molecule has 12 heavy (non-hydrogen) atoms. The molecule has 0 atom stereocenters. The van der Waals surface area contributed by atoms with Crippen molar-refractivity contribution in [1.29, 1.82) is 0 Å². The van der Waals surface area contributed by atoms with Gasteiger partial charge in [0.05, 0.1) is 0 Å². The molecule has 0 N–H and O–H groups in total. The molecule has 0 saturated heterocycles. The molecule has 2 heteroatoms. The molecular formula is C10H18O2. The quantitative estimate of drug-likeness (QED) is 0.466. The monoisotopic (exact) mass is 170 g/mol. The third kappa shape index (κ3) is 2.95. The maximum Gasteiger partial charge on any atom is 0.185 e. The van der Waals surface area contributed by atoms with Gasteiger partial charge in [0, 0.05) is 13.2 Å². The Morgan fingerprint density at radius 2 is 1.75 bits per heavy atom. The van der Waals surface area contributed by atoms with Crippen molar-refractivity contribution in [3.63, 3.8) is 0 Å². The molecular weight excluding hydrogens is 152 g/mol. The molecule has 1 fully saturated rings. The Labute approximate surface area is 74.6 Å². The summed E-state index contributed by atoms with van der Waals surface area (Å²) in [6.45, 7) is 7.34. The van der Waals surface area contributed by atoms with Gasteiger partial charge in [0.2, 0.25) is 0 Å². The zero-order valence-electron chi connectivity index (χ0n) is 8.22. The Kier molecular flexibility index (Phi) is 3.29. The lowest BCUT2D eigenvalue weighted by Gasteiger charge is -2.25. The topological polar surface area (TPSA) is 18.5 Å². The highest BCUT2D eigenvalue weighted by Gasteiger charge is 2.25. The third-order valence-corrected chi connectivity index (χ3v) is 1.87. The summed E-state index contributed by atoms with van der Waals surface area (Å²) in [5.74, 6) is -0.477. The molecule has 70 valence electrons. The van der Waals surface area contributed by atoms with E-state index < -0.39 is 5.79 Å². The van der Waals surface area contributed by atoms with Crippen LogP contribution in [-0.4, -0.2) is 19.0 Å². The van der Waals surface area contributed by atoms with E-state index in [0.717, 1.165) is 0 Å². The van der Waals surface area contributed by atoms with Crippen LogP contribution in [0.2, 0.25) is 0 Å². The van der Waals surface area contributed by atoms with Crippen molar-refractivity contribution in [1.82, 2.24) is 0 Å². The lowest BCUT2D eigenvalue weighted by Crippen LogP contribution is -2.30. The first kappa shape index (κ1) is 9.75. The molecule has 1 saturated carbocycles. The van der Waals surface area contributed by atoms with Gasteiger partial charge in [-0.15, -0.1) is 0 Å². The summed E-state index contributed by atoms with van der Waals surface area (Å²) < 4.78 is 11.0. The van der Waals surface area contributed by atoms with Gasteiger partial charge >= 0.3 is 0 Å². The highest BCUT2D eigenvalue weighted by Crippen LogP contribution is 2.31. The van der Waals surface area contributed by atoms with Gasteiger partial charge in [0.1, 0.15) is 0 Å². The molecule has 0 spiro atoms. The molecule has 0 radical (unpaired) electrons. The van der Waals surface area contributed by atoms with Crippen molar-refractivity contribution in [2.24, 2.45) is 0 Å². The minimum Gasteiger partial charge on any atom is -0.347 e. The maximum absolute atomic E-state index is 5.52. The van der Waals surface area contributed by atoms with Gasteiger partial charge < -0.3 is 9.47 Å². The standard InChI is InChI=1S/C10H18O2/c1-4-11-10(3,12-5-2)8-9-6-7-9/h8H,4-7H2,1-3H3. The van der Waals surface area contributed by atoms with E-state index in [9.17, 15) is 0 Å². The number of allylic oxidation sites excluding steroid dienone is 1. The van der Waals surface area contributed by atoms with Crippen LogP contribution in [0.3, 0.4) is 0 Å². The highest BCUT2D eigenvalue weighted by atomic mass is 16.7. The van der Waals surface area contributed by atoms with Gasteiger partial charge in [-0.05, 0) is 39.7 Å². The van der Waals surface area contributed by atoms with Gasteiger partial charge in [0.15, 0.2) is 5.79 Å². The Morgan fingerprint density at radius 3 is 2.08 bits per heavy atom. The van der Waals surface area contributed by atoms with Crippen molar-refractivity contribution < 1.29 is 9.47 Å². The average molecular weight is 170 g/mol. The minimum atomic E-state index is -0.477. The second-order valence-corrected chi connectivity index (χ2v) is 3.18. The average Bonchev–Trinajstić information content (AvgIpc) is 2.72. The van der Waals surface area contributed by atoms with Crippen molar-refractivity contribution in [3.05, 3.63) is 11.6 Å². The molecule has 0 aromatic heterocycles. The predicted octanol–water partition coefficient (Wildman–Crippen LogP) is 2.50. The van der Waals surface area contributed by atoms with Gasteiger partial charge in [-0.3, -0.25) is 0 Å². The van der Waals surface area contributed by atoms with Crippen molar-refractivity contribution in [2.75, 3.05) is 13.2 Å². The summed E-state index contributed by atoms with van der Waals surface area (Å²) in [6.07, 6.45) is 4.55. The maximum atomic E-state index is 5.52. The minimum absolute atomic E-state index is 0.477. The van der Waals surface area contributed by atoms with Crippen LogP contribution >= 0.6 is 0 Å². The molecule has 0 aromatic rings. The van der Waals surface area contributed by atoms with Crippen molar-refractivity contribution >= 4 is 0 Å². The summed E-state index contributed by atoms with van der Waals surface area (Å²) >= 11 is 0. The fraction of sp³-hybridized carbons (Fsp3) is 0.800. The van der Waals surface area contributed by atoms with Crippen LogP contribution in [0.15, 0.2) is 11.6 Å². The van der Waals surface area contributed by atoms with E-state index in [1.807, 2.05) is 20.8 Å². The second kappa shape index (κ2) is 4.06. The number of ether oxygens (including phenoxy) is 2. The summed E-state index contributed by atoms with van der Waals surface area (Å²) in [6, 6.07) is 0. The van der Waals surface area contributed by atoms with E-state index in [1.54, 1.807) is 0 Å². The number of hydrogen-bond acceptors (Lipinski definition) is 2. The van der Waals surface area contributed by atoms with Crippen LogP contribution in [0.5, 0.6) is 0 Å². The molecule has 0 amide bonds. The summed E-state index contributed by atoms with van der Waals surface area (Å²) in [5, 5.41) is 0. The van der Waals surface area contributed by atoms with E-state index >= 15 is 0 Å². The van der Waals surface area contributed by atoms with Crippen molar-refractivity contribution in [3.8, 4) is 0 Å². The smallest absolute Gasteiger partial charge is 0.185 e. The molecule has 1 aliphatic rings. The summed E-state index contributed by atoms with van der Waals surface area (Å²) in [7, 11) is 0. The molecule has 2 nitrogen and oxygen atoms in total. The summed E-state index contributed by atoms with van der Waals surface area (Å²) in [4.78, 5) is 0. The normalized spacial score (nSPS) is 16.4. The zero-order valence-corrected chi connectivity index (χ0v) is 8.22. The molecule has 0 heterocycles. The van der Waals surface area contributed by atoms with Crippen LogP contribution in [-0.2, 0) is 9.47 Å². The lowest BCUT2D eigenvalue weighted by atomic mass is 10.3. The van der Waals surface area contributed by atoms with Gasteiger partial charge in [-0.2, -0.15) is 0 Å². The molecule has 0 unspecified atom stereocenters. The Morgan fingerprint density at radius 1 is 1.25 bits per heavy atom. The zero-order chi connectivity index (χ0) is 9.03. The fourth-order valence-electron chi connectivity index (χ4n) is 1.29. The van der Waals surface area contributed by atoms with Crippen LogP contribution in [0.4, 0.5) is 0 Å². The molecule has 1 aliphatic carbocycles. The lowest BCUT2D eigenvalue weighted by molar-refractivity contribution is -0.186. The Hall–Kier alpha value is -0.340. The largest absolute Gasteiger partial charge is 0.347 e. The van der Waals surface area contributed by atoms with Crippen LogP contribution in [0, 0.1) is 0 Å². The molecule has 0 aromatic carbocycles. The third-order valence-electron chi connectivity index (χ3n) is 1.87. The van der Waals surface area contributed by atoms with Crippen LogP contribution in [0.25, 0.3) is 0 Å². The van der Waals surface area contributed by atoms with Crippen LogP contribution in [0.1, 0.15) is 33.6 Å². The summed E-state index contributed by atoms with van der Waals surface area (Å²) in [5.41, 5.74) is 1.46. The van der Waals surface area contributed by atoms with E-state index in [0.29, 0.717) is 13.2 Å².